The third-order valence-corrected chi connectivity index (χ3v) is 4.30. The van der Waals surface area contributed by atoms with Crippen LogP contribution in [0.4, 0.5) is 0 Å². The van der Waals surface area contributed by atoms with Crippen molar-refractivity contribution >= 4 is 0 Å². The maximum atomic E-state index is 9.54. The van der Waals surface area contributed by atoms with E-state index in [0.29, 0.717) is 0 Å². The second-order valence-electron chi connectivity index (χ2n) is 5.13. The van der Waals surface area contributed by atoms with Gasteiger partial charge < -0.3 is 4.90 Å². The van der Waals surface area contributed by atoms with E-state index in [0.717, 1.165) is 45.6 Å². The molecule has 0 aromatic heterocycles. The molecule has 2 aliphatic heterocycles. The zero-order chi connectivity index (χ0) is 11.4. The Kier molecular flexibility index (Phi) is 3.83. The number of nitrogens with zero attached hydrogens (tertiary/aromatic N) is 3. The van der Waals surface area contributed by atoms with Gasteiger partial charge in [0.25, 0.3) is 0 Å². The maximum Gasteiger partial charge on any atom is 0.111 e. The van der Waals surface area contributed by atoms with Crippen molar-refractivity contribution in [2.24, 2.45) is 0 Å². The fourth-order valence-corrected chi connectivity index (χ4v) is 3.06. The monoisotopic (exact) mass is 221 g/mol. The number of likely N-dealkylation sites (tertiary alicyclic amines) is 2. The van der Waals surface area contributed by atoms with Crippen LogP contribution >= 0.6 is 0 Å². The zero-order valence-corrected chi connectivity index (χ0v) is 10.4. The lowest BCUT2D eigenvalue weighted by molar-refractivity contribution is 0.0484. The van der Waals surface area contributed by atoms with Gasteiger partial charge in [-0.2, -0.15) is 5.26 Å². The standard InChI is InChI=1S/C13H23N3/c1-2-15-10-6-13(12-14,7-11-15)16-8-4-3-5-9-16/h2-11H2,1H3. The Hall–Kier alpha value is -0.590. The van der Waals surface area contributed by atoms with Crippen LogP contribution in [0.25, 0.3) is 0 Å². The summed E-state index contributed by atoms with van der Waals surface area (Å²) in [6, 6.07) is 2.63. The van der Waals surface area contributed by atoms with Crippen LogP contribution in [-0.4, -0.2) is 48.1 Å². The van der Waals surface area contributed by atoms with Crippen LogP contribution in [-0.2, 0) is 0 Å². The van der Waals surface area contributed by atoms with Crippen LogP contribution < -0.4 is 0 Å². The molecule has 0 radical (unpaired) electrons. The molecule has 2 saturated heterocycles. The number of hydrogen-bond acceptors (Lipinski definition) is 3. The molecule has 0 aromatic carbocycles. The van der Waals surface area contributed by atoms with Crippen molar-refractivity contribution < 1.29 is 0 Å². The van der Waals surface area contributed by atoms with E-state index in [-0.39, 0.29) is 5.54 Å². The van der Waals surface area contributed by atoms with Gasteiger partial charge in [-0.3, -0.25) is 4.90 Å². The Morgan fingerprint density at radius 1 is 1.06 bits per heavy atom. The van der Waals surface area contributed by atoms with E-state index in [1.165, 1.54) is 19.3 Å². The quantitative estimate of drug-likeness (QED) is 0.713. The molecule has 0 N–H and O–H groups in total. The summed E-state index contributed by atoms with van der Waals surface area (Å²) in [5.41, 5.74) is -0.133. The molecule has 0 aromatic rings. The number of rotatable bonds is 2. The lowest BCUT2D eigenvalue weighted by atomic mass is 9.85. The summed E-state index contributed by atoms with van der Waals surface area (Å²) in [7, 11) is 0. The minimum absolute atomic E-state index is 0.133. The van der Waals surface area contributed by atoms with E-state index in [2.05, 4.69) is 22.8 Å². The molecule has 0 amide bonds. The Morgan fingerprint density at radius 3 is 2.19 bits per heavy atom. The molecule has 3 heteroatoms. The van der Waals surface area contributed by atoms with Crippen LogP contribution in [0.2, 0.25) is 0 Å². The molecule has 2 rings (SSSR count). The maximum absolute atomic E-state index is 9.54. The third kappa shape index (κ3) is 2.23. The summed E-state index contributed by atoms with van der Waals surface area (Å²) in [6.45, 7) is 7.81. The number of piperidine rings is 2. The summed E-state index contributed by atoms with van der Waals surface area (Å²) in [4.78, 5) is 4.92. The van der Waals surface area contributed by atoms with Gasteiger partial charge in [-0.1, -0.05) is 13.3 Å². The van der Waals surface area contributed by atoms with E-state index in [4.69, 9.17) is 0 Å². The Labute approximate surface area is 99.0 Å². The second kappa shape index (κ2) is 5.16. The van der Waals surface area contributed by atoms with E-state index in [9.17, 15) is 5.26 Å². The highest BCUT2D eigenvalue weighted by Gasteiger charge is 2.40. The van der Waals surface area contributed by atoms with Crippen LogP contribution in [0, 0.1) is 11.3 Å². The molecule has 3 nitrogen and oxygen atoms in total. The number of nitriles is 1. The normalized spacial score (nSPS) is 27.5. The fourth-order valence-electron chi connectivity index (χ4n) is 3.06. The largest absolute Gasteiger partial charge is 0.303 e. The average Bonchev–Trinajstić information content (AvgIpc) is 2.40. The minimum atomic E-state index is -0.133. The highest BCUT2D eigenvalue weighted by molar-refractivity contribution is 5.11. The van der Waals surface area contributed by atoms with Crippen molar-refractivity contribution in [2.45, 2.75) is 44.6 Å². The molecule has 0 spiro atoms. The van der Waals surface area contributed by atoms with Gasteiger partial charge in [0, 0.05) is 13.1 Å². The molecule has 0 bridgehead atoms. The van der Waals surface area contributed by atoms with Gasteiger partial charge >= 0.3 is 0 Å². The Bertz CT molecular complexity index is 255. The second-order valence-corrected chi connectivity index (χ2v) is 5.13. The summed E-state index contributed by atoms with van der Waals surface area (Å²) < 4.78 is 0. The Balaban J connectivity index is 2.00. The highest BCUT2D eigenvalue weighted by atomic mass is 15.2. The van der Waals surface area contributed by atoms with Gasteiger partial charge in [-0.05, 0) is 45.3 Å². The SMILES string of the molecule is CCN1CCC(C#N)(N2CCCCC2)CC1. The molecule has 0 aliphatic carbocycles. The molecule has 0 unspecified atom stereocenters. The predicted octanol–water partition coefficient (Wildman–Crippen LogP) is 1.85. The molecule has 2 fully saturated rings. The molecule has 2 aliphatic rings. The topological polar surface area (TPSA) is 30.3 Å². The van der Waals surface area contributed by atoms with Crippen LogP contribution in [0.5, 0.6) is 0 Å². The van der Waals surface area contributed by atoms with E-state index in [1.807, 2.05) is 0 Å². The fraction of sp³-hybridized carbons (Fsp3) is 0.923. The van der Waals surface area contributed by atoms with Gasteiger partial charge in [-0.15, -0.1) is 0 Å². The smallest absolute Gasteiger partial charge is 0.111 e. The minimum Gasteiger partial charge on any atom is -0.303 e. The van der Waals surface area contributed by atoms with Crippen LogP contribution in [0.15, 0.2) is 0 Å². The van der Waals surface area contributed by atoms with Crippen LogP contribution in [0.3, 0.4) is 0 Å². The molecule has 16 heavy (non-hydrogen) atoms. The van der Waals surface area contributed by atoms with Gasteiger partial charge in [0.05, 0.1) is 6.07 Å². The average molecular weight is 221 g/mol. The number of hydrogen-bond donors (Lipinski definition) is 0. The summed E-state index contributed by atoms with van der Waals surface area (Å²) in [5.74, 6) is 0. The van der Waals surface area contributed by atoms with Crippen LogP contribution in [0.1, 0.15) is 39.0 Å². The first-order valence-electron chi connectivity index (χ1n) is 6.69. The van der Waals surface area contributed by atoms with E-state index in [1.54, 1.807) is 0 Å². The molecule has 2 heterocycles. The van der Waals surface area contributed by atoms with Crippen molar-refractivity contribution in [1.29, 1.82) is 5.26 Å². The summed E-state index contributed by atoms with van der Waals surface area (Å²) in [6.07, 6.45) is 5.98. The first-order valence-corrected chi connectivity index (χ1v) is 6.69. The molecular formula is C13H23N3. The van der Waals surface area contributed by atoms with Gasteiger partial charge in [0.15, 0.2) is 0 Å². The van der Waals surface area contributed by atoms with Crippen molar-refractivity contribution in [3.63, 3.8) is 0 Å². The van der Waals surface area contributed by atoms with E-state index < -0.39 is 0 Å². The van der Waals surface area contributed by atoms with Crippen molar-refractivity contribution in [2.75, 3.05) is 32.7 Å². The molecular weight excluding hydrogens is 198 g/mol. The zero-order valence-electron chi connectivity index (χ0n) is 10.4. The predicted molar refractivity (Wildman–Crippen MR) is 65.1 cm³/mol. The van der Waals surface area contributed by atoms with Crippen molar-refractivity contribution in [3.8, 4) is 6.07 Å². The molecule has 0 atom stereocenters. The Morgan fingerprint density at radius 2 is 1.69 bits per heavy atom. The van der Waals surface area contributed by atoms with Gasteiger partial charge in [-0.25, -0.2) is 0 Å². The summed E-state index contributed by atoms with van der Waals surface area (Å²) >= 11 is 0. The molecule has 90 valence electrons. The first kappa shape index (κ1) is 11.9. The van der Waals surface area contributed by atoms with E-state index >= 15 is 0 Å². The van der Waals surface area contributed by atoms with Crippen molar-refractivity contribution in [1.82, 2.24) is 9.80 Å². The lowest BCUT2D eigenvalue weighted by Crippen LogP contribution is -2.55. The lowest BCUT2D eigenvalue weighted by Gasteiger charge is -2.45. The van der Waals surface area contributed by atoms with Gasteiger partial charge in [0.2, 0.25) is 0 Å². The third-order valence-electron chi connectivity index (χ3n) is 4.30. The first-order chi connectivity index (χ1) is 7.80. The van der Waals surface area contributed by atoms with Crippen molar-refractivity contribution in [3.05, 3.63) is 0 Å². The molecule has 0 saturated carbocycles. The van der Waals surface area contributed by atoms with Gasteiger partial charge in [0.1, 0.15) is 5.54 Å². The highest BCUT2D eigenvalue weighted by Crippen LogP contribution is 2.30. The summed E-state index contributed by atoms with van der Waals surface area (Å²) in [5, 5.41) is 9.54.